The Kier molecular flexibility index (Phi) is 12.8. The number of nitrogens with two attached hydrogens (primary N) is 1. The summed E-state index contributed by atoms with van der Waals surface area (Å²) in [5, 5.41) is 27.1. The summed E-state index contributed by atoms with van der Waals surface area (Å²) in [6, 6.07) is 1.92. The number of H-pyrrole nitrogens is 1. The van der Waals surface area contributed by atoms with Crippen LogP contribution in [0.4, 0.5) is 0 Å². The van der Waals surface area contributed by atoms with Crippen LogP contribution in [0, 0.1) is 5.92 Å². The predicted molar refractivity (Wildman–Crippen MR) is 148 cm³/mol. The minimum absolute atomic E-state index is 0.0350. The lowest BCUT2D eigenvalue weighted by atomic mass is 9.96. The zero-order valence-electron chi connectivity index (χ0n) is 22.3. The van der Waals surface area contributed by atoms with Gasteiger partial charge in [-0.2, -0.15) is 11.8 Å². The molecule has 1 heterocycles. The number of carbonyl (C=O) groups is 4. The number of carboxylic acids is 1. The van der Waals surface area contributed by atoms with Gasteiger partial charge in [0.2, 0.25) is 17.7 Å². The van der Waals surface area contributed by atoms with Crippen LogP contribution in [0.1, 0.15) is 37.9 Å². The number of aromatic nitrogens is 2. The van der Waals surface area contributed by atoms with Crippen LogP contribution in [-0.2, 0) is 32.0 Å². The van der Waals surface area contributed by atoms with Crippen molar-refractivity contribution < 1.29 is 29.4 Å². The Morgan fingerprint density at radius 3 is 2.26 bits per heavy atom. The van der Waals surface area contributed by atoms with Gasteiger partial charge in [-0.3, -0.25) is 14.4 Å². The third-order valence-corrected chi connectivity index (χ3v) is 7.00. The highest BCUT2D eigenvalue weighted by molar-refractivity contribution is 7.98. The van der Waals surface area contributed by atoms with Gasteiger partial charge in [-0.25, -0.2) is 9.78 Å². The third kappa shape index (κ3) is 10.2. The van der Waals surface area contributed by atoms with Crippen LogP contribution in [0.25, 0.3) is 0 Å². The van der Waals surface area contributed by atoms with E-state index in [1.807, 2.05) is 13.2 Å². The minimum atomic E-state index is -1.18. The van der Waals surface area contributed by atoms with Crippen LogP contribution in [0.15, 0.2) is 36.8 Å². The number of hydrogen-bond donors (Lipinski definition) is 7. The molecule has 8 N–H and O–H groups in total. The normalized spacial score (nSPS) is 14.9. The first-order valence-corrected chi connectivity index (χ1v) is 14.1. The fourth-order valence-corrected chi connectivity index (χ4v) is 4.26. The zero-order chi connectivity index (χ0) is 28.9. The molecule has 0 radical (unpaired) electrons. The molecule has 2 aromatic rings. The molecule has 12 nitrogen and oxygen atoms in total. The van der Waals surface area contributed by atoms with Gasteiger partial charge in [-0.1, -0.05) is 32.4 Å². The van der Waals surface area contributed by atoms with E-state index >= 15 is 0 Å². The summed E-state index contributed by atoms with van der Waals surface area (Å²) in [6.45, 7) is 3.66. The molecule has 39 heavy (non-hydrogen) atoms. The summed E-state index contributed by atoms with van der Waals surface area (Å²) >= 11 is 1.45. The lowest BCUT2D eigenvalue weighted by Crippen LogP contribution is -2.59. The Balaban J connectivity index is 2.22. The molecule has 0 saturated heterocycles. The maximum absolute atomic E-state index is 13.4. The molecule has 1 aromatic heterocycles. The summed E-state index contributed by atoms with van der Waals surface area (Å²) in [7, 11) is 0. The molecule has 5 unspecified atom stereocenters. The number of phenolic OH excluding ortho intramolecular Hbond substituents is 1. The van der Waals surface area contributed by atoms with Crippen molar-refractivity contribution in [2.45, 2.75) is 63.7 Å². The van der Waals surface area contributed by atoms with E-state index in [2.05, 4.69) is 25.9 Å². The van der Waals surface area contributed by atoms with Crippen LogP contribution >= 0.6 is 11.8 Å². The second-order valence-corrected chi connectivity index (χ2v) is 10.4. The number of carboxylic acid groups (broad SMARTS) is 1. The Bertz CT molecular complexity index is 1080. The Morgan fingerprint density at radius 1 is 1.03 bits per heavy atom. The standard InChI is InChI=1S/C26H38N6O6S/c1-4-15(2)22(32-23(34)19(27)12-17-13-28-14-29-17)25(36)31-21(11-16-5-7-18(33)8-6-16)24(35)30-20(26(37)38)9-10-39-3/h5-8,13-15,19-22,33H,4,9-12,27H2,1-3H3,(H,28,29)(H,30,35)(H,31,36)(H,32,34)(H,37,38). The first kappa shape index (κ1) is 31.6. The maximum Gasteiger partial charge on any atom is 0.326 e. The monoisotopic (exact) mass is 562 g/mol. The number of carbonyl (C=O) groups excluding carboxylic acids is 3. The Hall–Kier alpha value is -3.58. The lowest BCUT2D eigenvalue weighted by molar-refractivity contribution is -0.142. The average molecular weight is 563 g/mol. The van der Waals surface area contributed by atoms with Gasteiger partial charge < -0.3 is 36.9 Å². The lowest BCUT2D eigenvalue weighted by Gasteiger charge is -2.28. The number of imidazole rings is 1. The van der Waals surface area contributed by atoms with Crippen molar-refractivity contribution in [3.63, 3.8) is 0 Å². The summed E-state index contributed by atoms with van der Waals surface area (Å²) in [5.74, 6) is -2.71. The van der Waals surface area contributed by atoms with Gasteiger partial charge in [-0.15, -0.1) is 0 Å². The van der Waals surface area contributed by atoms with Gasteiger partial charge in [0.25, 0.3) is 0 Å². The molecule has 0 spiro atoms. The number of nitrogens with zero attached hydrogens (tertiary/aromatic N) is 1. The van der Waals surface area contributed by atoms with Crippen LogP contribution in [0.2, 0.25) is 0 Å². The number of phenols is 1. The number of benzene rings is 1. The molecule has 0 aliphatic heterocycles. The summed E-state index contributed by atoms with van der Waals surface area (Å²) < 4.78 is 0. The van der Waals surface area contributed by atoms with Crippen molar-refractivity contribution in [2.24, 2.45) is 11.7 Å². The van der Waals surface area contributed by atoms with E-state index in [-0.39, 0.29) is 30.9 Å². The fourth-order valence-electron chi connectivity index (χ4n) is 3.79. The number of hydrogen-bond acceptors (Lipinski definition) is 8. The zero-order valence-corrected chi connectivity index (χ0v) is 23.2. The number of amides is 3. The molecule has 214 valence electrons. The summed E-state index contributed by atoms with van der Waals surface area (Å²) in [6.07, 6.45) is 5.86. The van der Waals surface area contributed by atoms with Crippen LogP contribution in [-0.4, -0.2) is 80.0 Å². The third-order valence-electron chi connectivity index (χ3n) is 6.36. The maximum atomic E-state index is 13.4. The highest BCUT2D eigenvalue weighted by Crippen LogP contribution is 2.14. The molecular weight excluding hydrogens is 524 g/mol. The second-order valence-electron chi connectivity index (χ2n) is 9.37. The number of thioether (sulfide) groups is 1. The Morgan fingerprint density at radius 2 is 1.69 bits per heavy atom. The van der Waals surface area contributed by atoms with E-state index in [1.165, 1.54) is 30.2 Å². The molecule has 0 aliphatic rings. The van der Waals surface area contributed by atoms with Crippen molar-refractivity contribution in [1.82, 2.24) is 25.9 Å². The van der Waals surface area contributed by atoms with E-state index in [0.29, 0.717) is 23.4 Å². The Labute approximate surface area is 231 Å². The number of rotatable bonds is 16. The van der Waals surface area contributed by atoms with Crippen LogP contribution < -0.4 is 21.7 Å². The van der Waals surface area contributed by atoms with Gasteiger partial charge in [0.1, 0.15) is 23.9 Å². The molecular formula is C26H38N6O6S. The molecule has 13 heteroatoms. The number of aromatic hydroxyl groups is 1. The smallest absolute Gasteiger partial charge is 0.326 e. The van der Waals surface area contributed by atoms with Crippen molar-refractivity contribution in [2.75, 3.05) is 12.0 Å². The summed E-state index contributed by atoms with van der Waals surface area (Å²) in [4.78, 5) is 58.0. The predicted octanol–water partition coefficient (Wildman–Crippen LogP) is 0.566. The van der Waals surface area contributed by atoms with Gasteiger partial charge in [-0.05, 0) is 42.0 Å². The molecule has 0 bridgehead atoms. The van der Waals surface area contributed by atoms with Gasteiger partial charge in [0.05, 0.1) is 12.4 Å². The first-order valence-electron chi connectivity index (χ1n) is 12.7. The second kappa shape index (κ2) is 15.7. The molecule has 1 aromatic carbocycles. The first-order chi connectivity index (χ1) is 18.5. The van der Waals surface area contributed by atoms with Gasteiger partial charge >= 0.3 is 5.97 Å². The van der Waals surface area contributed by atoms with Crippen molar-refractivity contribution in [3.05, 3.63) is 48.0 Å². The van der Waals surface area contributed by atoms with Crippen molar-refractivity contribution >= 4 is 35.5 Å². The van der Waals surface area contributed by atoms with Crippen molar-refractivity contribution in [1.29, 1.82) is 0 Å². The molecule has 0 saturated carbocycles. The number of aliphatic carboxylic acids is 1. The average Bonchev–Trinajstić information content (AvgIpc) is 3.42. The van der Waals surface area contributed by atoms with Crippen LogP contribution in [0.5, 0.6) is 5.75 Å². The van der Waals surface area contributed by atoms with Crippen molar-refractivity contribution in [3.8, 4) is 5.75 Å². The van der Waals surface area contributed by atoms with E-state index < -0.39 is 47.9 Å². The van der Waals surface area contributed by atoms with Gasteiger partial charge in [0, 0.05) is 24.7 Å². The van der Waals surface area contributed by atoms with E-state index in [9.17, 15) is 29.4 Å². The molecule has 5 atom stereocenters. The van der Waals surface area contributed by atoms with E-state index in [0.717, 1.165) is 0 Å². The highest BCUT2D eigenvalue weighted by atomic mass is 32.2. The minimum Gasteiger partial charge on any atom is -0.508 e. The topological polar surface area (TPSA) is 200 Å². The van der Waals surface area contributed by atoms with Crippen LogP contribution in [0.3, 0.4) is 0 Å². The molecule has 3 amide bonds. The molecule has 0 fully saturated rings. The van der Waals surface area contributed by atoms with E-state index in [4.69, 9.17) is 5.73 Å². The molecule has 2 rings (SSSR count). The largest absolute Gasteiger partial charge is 0.508 e. The van der Waals surface area contributed by atoms with E-state index in [1.54, 1.807) is 25.3 Å². The summed E-state index contributed by atoms with van der Waals surface area (Å²) in [5.41, 5.74) is 7.36. The quantitative estimate of drug-likeness (QED) is 0.153. The number of nitrogens with one attached hydrogen (secondary N) is 4. The fraction of sp³-hybridized carbons (Fsp3) is 0.500. The van der Waals surface area contributed by atoms with Gasteiger partial charge in [0.15, 0.2) is 0 Å². The number of aromatic amines is 1. The SMILES string of the molecule is CCC(C)C(NC(=O)C(N)Cc1cnc[nH]1)C(=O)NC(Cc1ccc(O)cc1)C(=O)NC(CCSC)C(=O)O. The highest BCUT2D eigenvalue weighted by Gasteiger charge is 2.32. The molecule has 0 aliphatic carbocycles.